The average molecular weight is 346 g/mol. The lowest BCUT2D eigenvalue weighted by Gasteiger charge is -2.18. The molecule has 1 unspecified atom stereocenters. The minimum Gasteiger partial charge on any atom is -0.366 e. The second-order valence-corrected chi connectivity index (χ2v) is 5.55. The summed E-state index contributed by atoms with van der Waals surface area (Å²) in [5.41, 5.74) is 2.19. The fourth-order valence-electron chi connectivity index (χ4n) is 2.31. The van der Waals surface area contributed by atoms with Crippen LogP contribution in [0.1, 0.15) is 11.6 Å². The van der Waals surface area contributed by atoms with Crippen LogP contribution in [-0.2, 0) is 0 Å². The predicted molar refractivity (Wildman–Crippen MR) is 87.4 cm³/mol. The largest absolute Gasteiger partial charge is 0.366 e. The second kappa shape index (κ2) is 6.24. The third-order valence-corrected chi connectivity index (χ3v) is 3.99. The molecule has 0 bridgehead atoms. The maximum Gasteiger partial charge on any atom is 0.153 e. The first kappa shape index (κ1) is 14.0. The highest BCUT2D eigenvalue weighted by Crippen LogP contribution is 2.23. The van der Waals surface area contributed by atoms with E-state index in [1.165, 1.54) is 5.56 Å². The Balaban J connectivity index is 1.81. The van der Waals surface area contributed by atoms with E-state index >= 15 is 0 Å². The smallest absolute Gasteiger partial charge is 0.153 e. The molecule has 1 atom stereocenters. The summed E-state index contributed by atoms with van der Waals surface area (Å²) < 4.78 is 2.73. The lowest BCUT2D eigenvalue weighted by atomic mass is 10.1. The van der Waals surface area contributed by atoms with Crippen LogP contribution in [0.4, 0.5) is 5.82 Å². The Morgan fingerprint density at radius 2 is 2.10 bits per heavy atom. The Bertz CT molecular complexity index is 725. The molecule has 0 spiro atoms. The van der Waals surface area contributed by atoms with Crippen LogP contribution < -0.4 is 10.6 Å². The molecule has 0 aliphatic rings. The van der Waals surface area contributed by atoms with Gasteiger partial charge in [0.25, 0.3) is 0 Å². The summed E-state index contributed by atoms with van der Waals surface area (Å²) >= 11 is 3.51. The van der Waals surface area contributed by atoms with Crippen LogP contribution in [0, 0.1) is 0 Å². The first-order chi connectivity index (χ1) is 10.3. The van der Waals surface area contributed by atoms with Crippen molar-refractivity contribution in [2.45, 2.75) is 6.04 Å². The molecule has 1 aromatic carbocycles. The van der Waals surface area contributed by atoms with Crippen LogP contribution in [0.25, 0.3) is 5.52 Å². The Morgan fingerprint density at radius 1 is 1.29 bits per heavy atom. The number of nitrogens with one attached hydrogen (secondary N) is 2. The lowest BCUT2D eigenvalue weighted by Crippen LogP contribution is -2.24. The molecule has 108 valence electrons. The summed E-state index contributed by atoms with van der Waals surface area (Å²) in [6.07, 6.45) is 5.35. The van der Waals surface area contributed by atoms with Crippen molar-refractivity contribution in [2.24, 2.45) is 0 Å². The van der Waals surface area contributed by atoms with Gasteiger partial charge in [-0.1, -0.05) is 30.3 Å². The molecule has 5 nitrogen and oxygen atoms in total. The molecule has 0 aliphatic heterocycles. The van der Waals surface area contributed by atoms with Gasteiger partial charge in [0, 0.05) is 25.0 Å². The highest BCUT2D eigenvalue weighted by atomic mass is 79.9. The molecule has 0 amide bonds. The van der Waals surface area contributed by atoms with Crippen molar-refractivity contribution in [1.82, 2.24) is 19.9 Å². The molecule has 21 heavy (non-hydrogen) atoms. The zero-order valence-corrected chi connectivity index (χ0v) is 13.2. The molecule has 0 fully saturated rings. The van der Waals surface area contributed by atoms with Gasteiger partial charge in [0.1, 0.15) is 5.52 Å². The van der Waals surface area contributed by atoms with Gasteiger partial charge in [0.2, 0.25) is 0 Å². The monoisotopic (exact) mass is 345 g/mol. The molecular weight excluding hydrogens is 330 g/mol. The molecule has 0 saturated carbocycles. The van der Waals surface area contributed by atoms with Crippen LogP contribution in [0.15, 0.2) is 53.4 Å². The minimum atomic E-state index is 0.218. The van der Waals surface area contributed by atoms with Gasteiger partial charge >= 0.3 is 0 Å². The van der Waals surface area contributed by atoms with Crippen LogP contribution in [0.3, 0.4) is 0 Å². The summed E-state index contributed by atoms with van der Waals surface area (Å²) in [6, 6.07) is 10.6. The van der Waals surface area contributed by atoms with Gasteiger partial charge in [-0.25, -0.2) is 9.50 Å². The first-order valence-electron chi connectivity index (χ1n) is 6.73. The summed E-state index contributed by atoms with van der Waals surface area (Å²) in [4.78, 5) is 4.41. The maximum absolute atomic E-state index is 4.41. The fraction of sp³-hybridized carbons (Fsp3) is 0.200. The molecule has 2 heterocycles. The van der Waals surface area contributed by atoms with Crippen molar-refractivity contribution >= 4 is 27.3 Å². The third kappa shape index (κ3) is 2.91. The van der Waals surface area contributed by atoms with Gasteiger partial charge in [-0.15, -0.1) is 0 Å². The predicted octanol–water partition coefficient (Wildman–Crippen LogP) is 2.86. The van der Waals surface area contributed by atoms with Crippen LogP contribution in [-0.4, -0.2) is 28.2 Å². The average Bonchev–Trinajstić information content (AvgIpc) is 2.91. The Morgan fingerprint density at radius 3 is 2.86 bits per heavy atom. The van der Waals surface area contributed by atoms with Gasteiger partial charge in [-0.3, -0.25) is 0 Å². The lowest BCUT2D eigenvalue weighted by molar-refractivity contribution is 0.621. The molecular formula is C15H16BrN5. The quantitative estimate of drug-likeness (QED) is 0.746. The number of rotatable bonds is 5. The number of nitrogens with zero attached hydrogens (tertiary/aromatic N) is 3. The number of halogens is 1. The van der Waals surface area contributed by atoms with Crippen LogP contribution in [0.2, 0.25) is 0 Å². The van der Waals surface area contributed by atoms with Crippen molar-refractivity contribution in [2.75, 3.05) is 18.9 Å². The van der Waals surface area contributed by atoms with E-state index in [4.69, 9.17) is 0 Å². The first-order valence-corrected chi connectivity index (χ1v) is 7.53. The minimum absolute atomic E-state index is 0.218. The standard InChI is InChI=1S/C15H16BrN5/c1-17-13(11-5-3-2-4-6-11)10-19-15-14-12(16)9-20-21(14)8-7-18-15/h2-9,13,17H,10H2,1H3,(H,18,19). The maximum atomic E-state index is 4.41. The number of aromatic nitrogens is 3. The molecule has 0 radical (unpaired) electrons. The number of anilines is 1. The number of fused-ring (bicyclic) bond motifs is 1. The SMILES string of the molecule is CNC(CNc1nccn2ncc(Br)c12)c1ccccc1. The number of hydrogen-bond donors (Lipinski definition) is 2. The van der Waals surface area contributed by atoms with Gasteiger partial charge in [-0.05, 0) is 28.5 Å². The molecule has 2 aromatic heterocycles. The van der Waals surface area contributed by atoms with E-state index < -0.39 is 0 Å². The summed E-state index contributed by atoms with van der Waals surface area (Å²) in [5.74, 6) is 0.818. The Kier molecular flexibility index (Phi) is 4.17. The molecule has 0 saturated heterocycles. The van der Waals surface area contributed by atoms with Crippen molar-refractivity contribution in [1.29, 1.82) is 0 Å². The summed E-state index contributed by atoms with van der Waals surface area (Å²) in [5, 5.41) is 11.0. The van der Waals surface area contributed by atoms with Crippen molar-refractivity contribution in [3.63, 3.8) is 0 Å². The number of likely N-dealkylation sites (N-methyl/N-ethyl adjacent to an activating group) is 1. The topological polar surface area (TPSA) is 54.2 Å². The van der Waals surface area contributed by atoms with E-state index in [-0.39, 0.29) is 6.04 Å². The molecule has 0 aliphatic carbocycles. The van der Waals surface area contributed by atoms with Crippen LogP contribution in [0.5, 0.6) is 0 Å². The third-order valence-electron chi connectivity index (χ3n) is 3.41. The normalized spacial score (nSPS) is 12.5. The Labute approximate surface area is 131 Å². The van der Waals surface area contributed by atoms with E-state index in [2.05, 4.69) is 48.8 Å². The van der Waals surface area contributed by atoms with E-state index in [0.29, 0.717) is 0 Å². The van der Waals surface area contributed by atoms with Crippen molar-refractivity contribution in [3.8, 4) is 0 Å². The zero-order valence-electron chi connectivity index (χ0n) is 11.6. The van der Waals surface area contributed by atoms with E-state index in [0.717, 1.165) is 22.4 Å². The zero-order chi connectivity index (χ0) is 14.7. The molecule has 3 aromatic rings. The number of hydrogen-bond acceptors (Lipinski definition) is 4. The highest BCUT2D eigenvalue weighted by Gasteiger charge is 2.12. The molecule has 2 N–H and O–H groups in total. The van der Waals surface area contributed by atoms with Crippen LogP contribution >= 0.6 is 15.9 Å². The van der Waals surface area contributed by atoms with E-state index in [9.17, 15) is 0 Å². The van der Waals surface area contributed by atoms with Crippen molar-refractivity contribution in [3.05, 3.63) is 59.0 Å². The highest BCUT2D eigenvalue weighted by molar-refractivity contribution is 9.10. The van der Waals surface area contributed by atoms with Gasteiger partial charge < -0.3 is 10.6 Å². The fourth-order valence-corrected chi connectivity index (χ4v) is 2.77. The summed E-state index contributed by atoms with van der Waals surface area (Å²) in [6.45, 7) is 0.741. The Hall–Kier alpha value is -1.92. The van der Waals surface area contributed by atoms with Gasteiger partial charge in [0.15, 0.2) is 5.82 Å². The molecule has 3 rings (SSSR count). The number of benzene rings is 1. The van der Waals surface area contributed by atoms with Crippen molar-refractivity contribution < 1.29 is 0 Å². The van der Waals surface area contributed by atoms with Gasteiger partial charge in [-0.2, -0.15) is 5.10 Å². The van der Waals surface area contributed by atoms with E-state index in [1.54, 1.807) is 16.9 Å². The van der Waals surface area contributed by atoms with Gasteiger partial charge in [0.05, 0.1) is 10.7 Å². The van der Waals surface area contributed by atoms with E-state index in [1.807, 2.05) is 31.4 Å². The molecule has 6 heteroatoms. The summed E-state index contributed by atoms with van der Waals surface area (Å²) in [7, 11) is 1.96. The second-order valence-electron chi connectivity index (χ2n) is 4.69.